The van der Waals surface area contributed by atoms with E-state index < -0.39 is 10.0 Å². The average Bonchev–Trinajstić information content (AvgIpc) is 2.68. The van der Waals surface area contributed by atoms with E-state index in [1.54, 1.807) is 24.5 Å². The van der Waals surface area contributed by atoms with Crippen molar-refractivity contribution < 1.29 is 17.9 Å². The molecule has 9 heteroatoms. The zero-order chi connectivity index (χ0) is 20.3. The Bertz CT molecular complexity index is 933. The molecule has 0 spiro atoms. The number of sulfonamides is 1. The van der Waals surface area contributed by atoms with Crippen LogP contribution in [0.3, 0.4) is 0 Å². The lowest BCUT2D eigenvalue weighted by atomic mass is 10.1. The van der Waals surface area contributed by atoms with Crippen LogP contribution >= 0.6 is 0 Å². The molecule has 0 amide bonds. The number of hydrogen-bond donors (Lipinski definition) is 0. The van der Waals surface area contributed by atoms with Crippen LogP contribution < -0.4 is 14.4 Å². The number of aryl methyl sites for hydroxylation is 1. The van der Waals surface area contributed by atoms with Crippen LogP contribution in [0, 0.1) is 6.92 Å². The van der Waals surface area contributed by atoms with E-state index in [1.807, 2.05) is 32.0 Å². The van der Waals surface area contributed by atoms with Gasteiger partial charge in [-0.3, -0.25) is 0 Å². The number of nitrogens with zero attached hydrogens (tertiary/aromatic N) is 4. The minimum atomic E-state index is -3.70. The summed E-state index contributed by atoms with van der Waals surface area (Å²) in [5.74, 6) is 1.37. The molecule has 0 radical (unpaired) electrons. The summed E-state index contributed by atoms with van der Waals surface area (Å²) in [5, 5.41) is 0. The molecule has 0 bridgehead atoms. The third kappa shape index (κ3) is 4.20. The van der Waals surface area contributed by atoms with Gasteiger partial charge in [0, 0.05) is 33.0 Å². The Morgan fingerprint density at radius 3 is 2.68 bits per heavy atom. The quantitative estimate of drug-likeness (QED) is 0.726. The molecule has 3 rings (SSSR count). The highest BCUT2D eigenvalue weighted by molar-refractivity contribution is 7.89. The molecule has 1 atom stereocenters. The van der Waals surface area contributed by atoms with Gasteiger partial charge < -0.3 is 14.4 Å². The predicted octanol–water partition coefficient (Wildman–Crippen LogP) is 2.09. The third-order valence-electron chi connectivity index (χ3n) is 4.63. The first-order valence-electron chi connectivity index (χ1n) is 9.12. The van der Waals surface area contributed by atoms with Crippen LogP contribution in [0.4, 0.5) is 5.82 Å². The number of methoxy groups -OCH3 is 1. The highest BCUT2D eigenvalue weighted by atomic mass is 32.2. The van der Waals surface area contributed by atoms with Crippen molar-refractivity contribution in [2.24, 2.45) is 0 Å². The summed E-state index contributed by atoms with van der Waals surface area (Å²) in [6.45, 7) is 2.56. The van der Waals surface area contributed by atoms with Gasteiger partial charge in [-0.05, 0) is 37.5 Å². The smallest absolute Gasteiger partial charge is 0.257 e. The first-order valence-corrected chi connectivity index (χ1v) is 10.6. The van der Waals surface area contributed by atoms with Gasteiger partial charge in [-0.2, -0.15) is 4.31 Å². The van der Waals surface area contributed by atoms with Gasteiger partial charge >= 0.3 is 0 Å². The van der Waals surface area contributed by atoms with E-state index in [2.05, 4.69) is 9.97 Å². The Balaban J connectivity index is 1.83. The minimum absolute atomic E-state index is 0.184. The fourth-order valence-corrected chi connectivity index (χ4v) is 4.96. The summed E-state index contributed by atoms with van der Waals surface area (Å²) < 4.78 is 39.3. The molecule has 0 N–H and O–H groups in total. The van der Waals surface area contributed by atoms with Crippen molar-refractivity contribution in [1.29, 1.82) is 0 Å². The largest absolute Gasteiger partial charge is 0.495 e. The minimum Gasteiger partial charge on any atom is -0.495 e. The second-order valence-electron chi connectivity index (χ2n) is 6.98. The number of rotatable bonds is 6. The van der Waals surface area contributed by atoms with Gasteiger partial charge in [0.15, 0.2) is 5.82 Å². The lowest BCUT2D eigenvalue weighted by molar-refractivity contribution is 0.124. The maximum atomic E-state index is 13.2. The first kappa shape index (κ1) is 20.3. The molecular weight excluding hydrogens is 380 g/mol. The van der Waals surface area contributed by atoms with Gasteiger partial charge in [-0.1, -0.05) is 6.07 Å². The molecule has 1 aliphatic heterocycles. The molecule has 2 aromatic rings. The molecule has 2 heterocycles. The van der Waals surface area contributed by atoms with Gasteiger partial charge in [0.05, 0.1) is 13.7 Å². The standard InChI is InChI=1S/C19H26N4O4S/c1-14-7-8-16(26-4)17(12-14)28(24,25)23-11-5-6-15(13-23)27-19-18(22(2)3)20-9-10-21-19/h7-10,12,15H,5-6,11,13H2,1-4H3. The molecule has 1 saturated heterocycles. The van der Waals surface area contributed by atoms with Crippen LogP contribution in [0.25, 0.3) is 0 Å². The molecule has 1 aromatic heterocycles. The van der Waals surface area contributed by atoms with Crippen LogP contribution in [0.2, 0.25) is 0 Å². The van der Waals surface area contributed by atoms with Crippen LogP contribution in [0.1, 0.15) is 18.4 Å². The van der Waals surface area contributed by atoms with E-state index in [4.69, 9.17) is 9.47 Å². The number of anilines is 1. The number of ether oxygens (including phenoxy) is 2. The van der Waals surface area contributed by atoms with E-state index in [-0.39, 0.29) is 17.5 Å². The fourth-order valence-electron chi connectivity index (χ4n) is 3.21. The van der Waals surface area contributed by atoms with Gasteiger partial charge in [0.2, 0.25) is 10.0 Å². The van der Waals surface area contributed by atoms with Gasteiger partial charge in [0.25, 0.3) is 5.88 Å². The number of benzene rings is 1. The van der Waals surface area contributed by atoms with E-state index in [0.717, 1.165) is 12.0 Å². The van der Waals surface area contributed by atoms with Gasteiger partial charge in [0.1, 0.15) is 16.7 Å². The summed E-state index contributed by atoms with van der Waals surface area (Å²) in [4.78, 5) is 10.5. The summed E-state index contributed by atoms with van der Waals surface area (Å²) >= 11 is 0. The normalized spacial score (nSPS) is 17.9. The second kappa shape index (κ2) is 8.32. The van der Waals surface area contributed by atoms with E-state index in [0.29, 0.717) is 30.4 Å². The van der Waals surface area contributed by atoms with Crippen molar-refractivity contribution in [2.45, 2.75) is 30.8 Å². The fraction of sp³-hybridized carbons (Fsp3) is 0.474. The maximum absolute atomic E-state index is 13.2. The molecule has 1 aromatic carbocycles. The Hall–Kier alpha value is -2.39. The summed E-state index contributed by atoms with van der Waals surface area (Å²) in [7, 11) is 1.50. The van der Waals surface area contributed by atoms with E-state index in [1.165, 1.54) is 11.4 Å². The van der Waals surface area contributed by atoms with Crippen molar-refractivity contribution >= 4 is 15.8 Å². The summed E-state index contributed by atoms with van der Waals surface area (Å²) in [5.41, 5.74) is 0.861. The van der Waals surface area contributed by atoms with Crippen molar-refractivity contribution in [1.82, 2.24) is 14.3 Å². The highest BCUT2D eigenvalue weighted by Crippen LogP contribution is 2.31. The zero-order valence-electron chi connectivity index (χ0n) is 16.6. The zero-order valence-corrected chi connectivity index (χ0v) is 17.4. The number of hydrogen-bond acceptors (Lipinski definition) is 7. The molecule has 28 heavy (non-hydrogen) atoms. The van der Waals surface area contributed by atoms with Crippen molar-refractivity contribution in [3.63, 3.8) is 0 Å². The van der Waals surface area contributed by atoms with Crippen molar-refractivity contribution in [2.75, 3.05) is 39.2 Å². The summed E-state index contributed by atoms with van der Waals surface area (Å²) in [6.07, 6.45) is 4.33. The molecule has 8 nitrogen and oxygen atoms in total. The van der Waals surface area contributed by atoms with E-state index in [9.17, 15) is 8.42 Å². The molecule has 0 saturated carbocycles. The van der Waals surface area contributed by atoms with Gasteiger partial charge in [-0.15, -0.1) is 0 Å². The van der Waals surface area contributed by atoms with Crippen LogP contribution in [0.15, 0.2) is 35.5 Å². The Morgan fingerprint density at radius 2 is 1.96 bits per heavy atom. The molecule has 1 aliphatic rings. The Labute approximate surface area is 166 Å². The SMILES string of the molecule is COc1ccc(C)cc1S(=O)(=O)N1CCCC(Oc2nccnc2N(C)C)C1. The second-order valence-corrected chi connectivity index (χ2v) is 8.89. The van der Waals surface area contributed by atoms with Crippen LogP contribution in [-0.2, 0) is 10.0 Å². The first-order chi connectivity index (χ1) is 13.3. The van der Waals surface area contributed by atoms with Crippen LogP contribution in [-0.4, -0.2) is 63.1 Å². The van der Waals surface area contributed by atoms with Crippen LogP contribution in [0.5, 0.6) is 11.6 Å². The predicted molar refractivity (Wildman–Crippen MR) is 106 cm³/mol. The van der Waals surface area contributed by atoms with Crippen molar-refractivity contribution in [3.8, 4) is 11.6 Å². The van der Waals surface area contributed by atoms with Gasteiger partial charge in [-0.25, -0.2) is 18.4 Å². The lowest BCUT2D eigenvalue weighted by Gasteiger charge is -2.32. The highest BCUT2D eigenvalue weighted by Gasteiger charge is 2.33. The van der Waals surface area contributed by atoms with Crippen molar-refractivity contribution in [3.05, 3.63) is 36.2 Å². The molecule has 152 valence electrons. The topological polar surface area (TPSA) is 84.9 Å². The Morgan fingerprint density at radius 1 is 1.21 bits per heavy atom. The average molecular weight is 407 g/mol. The summed E-state index contributed by atoms with van der Waals surface area (Å²) in [6, 6.07) is 5.16. The van der Waals surface area contributed by atoms with E-state index >= 15 is 0 Å². The molecular formula is C19H26N4O4S. The Kier molecular flexibility index (Phi) is 6.04. The molecule has 1 fully saturated rings. The number of aromatic nitrogens is 2. The number of piperidine rings is 1. The monoisotopic (exact) mass is 406 g/mol. The molecule has 0 aliphatic carbocycles. The molecule has 1 unspecified atom stereocenters. The third-order valence-corrected chi connectivity index (χ3v) is 6.51. The maximum Gasteiger partial charge on any atom is 0.257 e. The lowest BCUT2D eigenvalue weighted by Crippen LogP contribution is -2.44.